The minimum absolute atomic E-state index is 0.0848. The molecular weight excluding hydrogens is 190 g/mol. The molecule has 4 heteroatoms. The van der Waals surface area contributed by atoms with Gasteiger partial charge < -0.3 is 10.2 Å². The fraction of sp³-hybridized carbons (Fsp3) is 0.818. The van der Waals surface area contributed by atoms with Gasteiger partial charge in [0.25, 0.3) is 0 Å². The summed E-state index contributed by atoms with van der Waals surface area (Å²) in [7, 11) is 0. The molecule has 0 aromatic carbocycles. The van der Waals surface area contributed by atoms with Crippen LogP contribution in [0.5, 0.6) is 0 Å². The van der Waals surface area contributed by atoms with Gasteiger partial charge in [0.2, 0.25) is 0 Å². The average molecular weight is 207 g/mol. The molecule has 2 amide bonds. The lowest BCUT2D eigenvalue weighted by molar-refractivity contribution is 0.181. The van der Waals surface area contributed by atoms with Crippen molar-refractivity contribution < 1.29 is 4.79 Å². The quantitative estimate of drug-likeness (QED) is 0.745. The number of carbonyl (C=O) groups is 1. The standard InChI is InChI=1S/C11H17N3O/c1-11(2,7-12)14-6-9(13-10(14)15)8-4-3-5-8/h8-9H,3-6H2,1-2H3,(H,13,15). The van der Waals surface area contributed by atoms with E-state index in [1.54, 1.807) is 18.7 Å². The molecular formula is C11H17N3O. The Morgan fingerprint density at radius 1 is 1.53 bits per heavy atom. The van der Waals surface area contributed by atoms with Crippen LogP contribution in [-0.4, -0.2) is 29.1 Å². The maximum atomic E-state index is 11.7. The highest BCUT2D eigenvalue weighted by molar-refractivity contribution is 5.78. The first kappa shape index (κ1) is 10.3. The molecule has 1 atom stereocenters. The number of carbonyl (C=O) groups excluding carboxylic acids is 1. The van der Waals surface area contributed by atoms with Crippen molar-refractivity contribution in [3.8, 4) is 6.07 Å². The molecule has 1 aliphatic carbocycles. The highest BCUT2D eigenvalue weighted by atomic mass is 16.2. The second kappa shape index (κ2) is 3.41. The van der Waals surface area contributed by atoms with Crippen molar-refractivity contribution in [2.75, 3.05) is 6.54 Å². The van der Waals surface area contributed by atoms with Crippen LogP contribution in [0.15, 0.2) is 0 Å². The highest BCUT2D eigenvalue weighted by Gasteiger charge is 2.42. The third kappa shape index (κ3) is 1.67. The predicted octanol–water partition coefficient (Wildman–Crippen LogP) is 1.48. The van der Waals surface area contributed by atoms with Crippen LogP contribution in [0.25, 0.3) is 0 Å². The molecule has 0 spiro atoms. The number of nitriles is 1. The summed E-state index contributed by atoms with van der Waals surface area (Å²) in [5.74, 6) is 0.633. The zero-order valence-electron chi connectivity index (χ0n) is 9.29. The van der Waals surface area contributed by atoms with E-state index in [1.165, 1.54) is 19.3 Å². The summed E-state index contributed by atoms with van der Waals surface area (Å²) in [6.45, 7) is 4.26. The smallest absolute Gasteiger partial charge is 0.319 e. The summed E-state index contributed by atoms with van der Waals surface area (Å²) in [6, 6.07) is 2.35. The van der Waals surface area contributed by atoms with E-state index in [-0.39, 0.29) is 12.1 Å². The van der Waals surface area contributed by atoms with Gasteiger partial charge in [-0.05, 0) is 32.6 Å². The Balaban J connectivity index is 2.04. The summed E-state index contributed by atoms with van der Waals surface area (Å²) < 4.78 is 0. The van der Waals surface area contributed by atoms with E-state index in [0.29, 0.717) is 12.5 Å². The van der Waals surface area contributed by atoms with E-state index < -0.39 is 5.54 Å². The van der Waals surface area contributed by atoms with E-state index in [2.05, 4.69) is 11.4 Å². The number of urea groups is 1. The summed E-state index contributed by atoms with van der Waals surface area (Å²) in [5, 5.41) is 12.0. The third-order valence-electron chi connectivity index (χ3n) is 3.60. The Labute approximate surface area is 90.2 Å². The predicted molar refractivity (Wildman–Crippen MR) is 56.1 cm³/mol. The van der Waals surface area contributed by atoms with Gasteiger partial charge in [0, 0.05) is 6.54 Å². The molecule has 2 rings (SSSR count). The number of nitrogens with one attached hydrogen (secondary N) is 1. The van der Waals surface area contributed by atoms with Gasteiger partial charge >= 0.3 is 6.03 Å². The van der Waals surface area contributed by atoms with Gasteiger partial charge in [0.05, 0.1) is 12.1 Å². The SMILES string of the molecule is CC(C)(C#N)N1CC(C2CCC2)NC1=O. The van der Waals surface area contributed by atoms with Crippen molar-refractivity contribution in [3.63, 3.8) is 0 Å². The van der Waals surface area contributed by atoms with Gasteiger partial charge in [-0.25, -0.2) is 4.79 Å². The monoisotopic (exact) mass is 207 g/mol. The van der Waals surface area contributed by atoms with Crippen LogP contribution in [0.3, 0.4) is 0 Å². The fourth-order valence-electron chi connectivity index (χ4n) is 2.21. The molecule has 1 saturated carbocycles. The zero-order valence-corrected chi connectivity index (χ0v) is 9.29. The summed E-state index contributed by atoms with van der Waals surface area (Å²) >= 11 is 0. The largest absolute Gasteiger partial charge is 0.333 e. The molecule has 1 heterocycles. The van der Waals surface area contributed by atoms with Crippen LogP contribution in [-0.2, 0) is 0 Å². The lowest BCUT2D eigenvalue weighted by Gasteiger charge is -2.32. The molecule has 0 bridgehead atoms. The van der Waals surface area contributed by atoms with Gasteiger partial charge in [0.15, 0.2) is 0 Å². The van der Waals surface area contributed by atoms with Crippen molar-refractivity contribution >= 4 is 6.03 Å². The first-order valence-electron chi connectivity index (χ1n) is 5.54. The lowest BCUT2D eigenvalue weighted by atomic mass is 9.80. The highest BCUT2D eigenvalue weighted by Crippen LogP contribution is 2.33. The number of rotatable bonds is 2. The van der Waals surface area contributed by atoms with Gasteiger partial charge in [0.1, 0.15) is 5.54 Å². The van der Waals surface area contributed by atoms with E-state index >= 15 is 0 Å². The van der Waals surface area contributed by atoms with Gasteiger partial charge in [-0.3, -0.25) is 0 Å². The van der Waals surface area contributed by atoms with E-state index in [0.717, 1.165) is 0 Å². The molecule has 0 aromatic rings. The Hall–Kier alpha value is -1.24. The van der Waals surface area contributed by atoms with Crippen LogP contribution >= 0.6 is 0 Å². The summed E-state index contributed by atoms with van der Waals surface area (Å²) in [5.41, 5.74) is -0.692. The van der Waals surface area contributed by atoms with E-state index in [4.69, 9.17) is 5.26 Å². The van der Waals surface area contributed by atoms with Crippen LogP contribution < -0.4 is 5.32 Å². The van der Waals surface area contributed by atoms with E-state index in [1.807, 2.05) is 0 Å². The maximum Gasteiger partial charge on any atom is 0.319 e. The molecule has 1 unspecified atom stereocenters. The third-order valence-corrected chi connectivity index (χ3v) is 3.60. The van der Waals surface area contributed by atoms with Crippen molar-refractivity contribution in [2.45, 2.75) is 44.7 Å². The molecule has 1 aliphatic heterocycles. The molecule has 4 nitrogen and oxygen atoms in total. The molecule has 0 radical (unpaired) electrons. The van der Waals surface area contributed by atoms with Crippen LogP contribution in [0.4, 0.5) is 4.79 Å². The Bertz CT molecular complexity index is 314. The molecule has 2 aliphatic rings. The van der Waals surface area contributed by atoms with Gasteiger partial charge in [-0.1, -0.05) is 6.42 Å². The molecule has 2 fully saturated rings. The first-order chi connectivity index (χ1) is 7.04. The average Bonchev–Trinajstić information content (AvgIpc) is 2.45. The van der Waals surface area contributed by atoms with Crippen molar-refractivity contribution in [2.24, 2.45) is 5.92 Å². The Morgan fingerprint density at radius 2 is 2.20 bits per heavy atom. The normalized spacial score (nSPS) is 27.1. The number of hydrogen-bond donors (Lipinski definition) is 1. The number of amides is 2. The molecule has 0 aromatic heterocycles. The Kier molecular flexibility index (Phi) is 2.34. The van der Waals surface area contributed by atoms with Gasteiger partial charge in [-0.2, -0.15) is 5.26 Å². The second-order valence-electron chi connectivity index (χ2n) is 5.03. The Morgan fingerprint density at radius 3 is 2.67 bits per heavy atom. The molecule has 1 saturated heterocycles. The maximum absolute atomic E-state index is 11.7. The zero-order chi connectivity index (χ0) is 11.1. The molecule has 15 heavy (non-hydrogen) atoms. The van der Waals surface area contributed by atoms with Crippen molar-refractivity contribution in [1.29, 1.82) is 5.26 Å². The van der Waals surface area contributed by atoms with Crippen LogP contribution in [0.2, 0.25) is 0 Å². The van der Waals surface area contributed by atoms with E-state index in [9.17, 15) is 4.79 Å². The minimum Gasteiger partial charge on any atom is -0.333 e. The number of nitrogens with zero attached hydrogens (tertiary/aromatic N) is 2. The topological polar surface area (TPSA) is 56.1 Å². The minimum atomic E-state index is -0.692. The van der Waals surface area contributed by atoms with Crippen LogP contribution in [0, 0.1) is 17.2 Å². The van der Waals surface area contributed by atoms with Crippen molar-refractivity contribution in [3.05, 3.63) is 0 Å². The second-order valence-corrected chi connectivity index (χ2v) is 5.03. The summed E-state index contributed by atoms with van der Waals surface area (Å²) in [4.78, 5) is 13.3. The van der Waals surface area contributed by atoms with Crippen molar-refractivity contribution in [1.82, 2.24) is 10.2 Å². The molecule has 82 valence electrons. The first-order valence-corrected chi connectivity index (χ1v) is 5.54. The number of hydrogen-bond acceptors (Lipinski definition) is 2. The lowest BCUT2D eigenvalue weighted by Crippen LogP contribution is -2.44. The fourth-order valence-corrected chi connectivity index (χ4v) is 2.21. The summed E-state index contributed by atoms with van der Waals surface area (Å²) in [6.07, 6.45) is 3.70. The molecule has 1 N–H and O–H groups in total. The van der Waals surface area contributed by atoms with Gasteiger partial charge in [-0.15, -0.1) is 0 Å². The van der Waals surface area contributed by atoms with Crippen LogP contribution in [0.1, 0.15) is 33.1 Å².